The first-order valence-corrected chi connectivity index (χ1v) is 9.71. The molecule has 0 saturated carbocycles. The molecule has 1 N–H and O–H groups in total. The molecule has 0 spiro atoms. The second-order valence-corrected chi connectivity index (χ2v) is 7.05. The van der Waals surface area contributed by atoms with E-state index >= 15 is 0 Å². The Hall–Kier alpha value is -3.35. The minimum absolute atomic E-state index is 0.279. The first-order chi connectivity index (χ1) is 14.2. The summed E-state index contributed by atoms with van der Waals surface area (Å²) in [6, 6.07) is 13.4. The van der Waals surface area contributed by atoms with Gasteiger partial charge >= 0.3 is 0 Å². The van der Waals surface area contributed by atoms with Gasteiger partial charge in [-0.05, 0) is 72.2 Å². The van der Waals surface area contributed by atoms with Crippen LogP contribution in [0, 0.1) is 0 Å². The number of carbonyl (C=O) groups excluding carboxylic acids is 1. The number of rotatable bonds is 6. The van der Waals surface area contributed by atoms with Crippen LogP contribution < -0.4 is 14.8 Å². The van der Waals surface area contributed by atoms with Crippen LogP contribution in [0.2, 0.25) is 0 Å². The molecule has 0 radical (unpaired) electrons. The van der Waals surface area contributed by atoms with Gasteiger partial charge in [0.25, 0.3) is 5.91 Å². The van der Waals surface area contributed by atoms with E-state index in [1.807, 2.05) is 18.2 Å². The maximum absolute atomic E-state index is 12.6. The van der Waals surface area contributed by atoms with Crippen molar-refractivity contribution in [2.75, 3.05) is 12.4 Å². The molecule has 1 aliphatic rings. The summed E-state index contributed by atoms with van der Waals surface area (Å²) in [6.45, 7) is 1.66. The molecule has 0 bridgehead atoms. The summed E-state index contributed by atoms with van der Waals surface area (Å²) >= 11 is 0. The van der Waals surface area contributed by atoms with Crippen LogP contribution in [0.4, 0.5) is 5.82 Å². The summed E-state index contributed by atoms with van der Waals surface area (Å²) < 4.78 is 15.9. The van der Waals surface area contributed by atoms with Crippen LogP contribution in [-0.4, -0.2) is 29.4 Å². The number of benzene rings is 2. The van der Waals surface area contributed by atoms with Crippen molar-refractivity contribution in [1.29, 1.82) is 0 Å². The third-order valence-electron chi connectivity index (χ3n) is 5.09. The molecule has 150 valence electrons. The van der Waals surface area contributed by atoms with Crippen LogP contribution in [0.25, 0.3) is 11.3 Å². The van der Waals surface area contributed by atoms with Crippen LogP contribution in [0.5, 0.6) is 11.5 Å². The van der Waals surface area contributed by atoms with Gasteiger partial charge in [0, 0.05) is 5.56 Å². The molecule has 29 heavy (non-hydrogen) atoms. The zero-order chi connectivity index (χ0) is 20.2. The molecule has 1 aliphatic carbocycles. The highest BCUT2D eigenvalue weighted by Gasteiger charge is 2.22. The molecular formula is C22H23N3O4. The van der Waals surface area contributed by atoms with Gasteiger partial charge in [0.2, 0.25) is 5.82 Å². The lowest BCUT2D eigenvalue weighted by atomic mass is 9.90. The van der Waals surface area contributed by atoms with Crippen molar-refractivity contribution in [3.8, 4) is 22.8 Å². The quantitative estimate of drug-likeness (QED) is 0.680. The van der Waals surface area contributed by atoms with Crippen LogP contribution in [0.1, 0.15) is 30.9 Å². The largest absolute Gasteiger partial charge is 0.493 e. The van der Waals surface area contributed by atoms with Crippen molar-refractivity contribution in [3.63, 3.8) is 0 Å². The zero-order valence-corrected chi connectivity index (χ0v) is 16.5. The number of carbonyl (C=O) groups is 1. The lowest BCUT2D eigenvalue weighted by Gasteiger charge is -2.17. The summed E-state index contributed by atoms with van der Waals surface area (Å²) in [4.78, 5) is 12.6. The summed E-state index contributed by atoms with van der Waals surface area (Å²) in [6.07, 6.45) is 3.81. The van der Waals surface area contributed by atoms with E-state index in [9.17, 15) is 4.79 Å². The molecule has 1 aromatic heterocycles. The van der Waals surface area contributed by atoms with E-state index < -0.39 is 6.10 Å². The third-order valence-corrected chi connectivity index (χ3v) is 5.09. The van der Waals surface area contributed by atoms with Crippen molar-refractivity contribution in [2.45, 2.75) is 38.7 Å². The topological polar surface area (TPSA) is 86.5 Å². The number of hydrogen-bond acceptors (Lipinski definition) is 6. The van der Waals surface area contributed by atoms with Crippen LogP contribution in [0.15, 0.2) is 47.1 Å². The summed E-state index contributed by atoms with van der Waals surface area (Å²) in [5.41, 5.74) is 4.08. The number of ether oxygens (including phenoxy) is 2. The minimum Gasteiger partial charge on any atom is -0.493 e. The van der Waals surface area contributed by atoms with Gasteiger partial charge in [0.1, 0.15) is 0 Å². The standard InChI is InChI=1S/C22H23N3O4/c1-14(28-19-10-6-5-9-18(19)27-2)22(26)23-21-20(24-29-25-21)17-12-11-15-7-3-4-8-16(15)13-17/h5-6,9-14H,3-4,7-8H2,1-2H3,(H,23,25,26). The molecule has 4 rings (SSSR count). The Morgan fingerprint density at radius 1 is 1.07 bits per heavy atom. The van der Waals surface area contributed by atoms with Crippen LogP contribution in [0.3, 0.4) is 0 Å². The van der Waals surface area contributed by atoms with Crippen molar-refractivity contribution in [1.82, 2.24) is 10.3 Å². The summed E-state index contributed by atoms with van der Waals surface area (Å²) in [5.74, 6) is 0.975. The fourth-order valence-electron chi connectivity index (χ4n) is 3.52. The molecule has 1 heterocycles. The summed E-state index contributed by atoms with van der Waals surface area (Å²) in [5, 5.41) is 10.6. The average molecular weight is 393 g/mol. The fraction of sp³-hybridized carbons (Fsp3) is 0.318. The second kappa shape index (κ2) is 8.34. The van der Waals surface area contributed by atoms with Gasteiger partial charge in [0.05, 0.1) is 7.11 Å². The number of fused-ring (bicyclic) bond motifs is 1. The molecule has 1 unspecified atom stereocenters. The SMILES string of the molecule is COc1ccccc1OC(C)C(=O)Nc1nonc1-c1ccc2c(c1)CCCC2. The molecule has 0 saturated heterocycles. The Kier molecular flexibility index (Phi) is 5.46. The van der Waals surface area contributed by atoms with E-state index in [2.05, 4.69) is 27.8 Å². The number of methoxy groups -OCH3 is 1. The fourth-order valence-corrected chi connectivity index (χ4v) is 3.52. The highest BCUT2D eigenvalue weighted by atomic mass is 16.6. The third kappa shape index (κ3) is 4.08. The lowest BCUT2D eigenvalue weighted by Crippen LogP contribution is -2.30. The van der Waals surface area contributed by atoms with Crippen molar-refractivity contribution >= 4 is 11.7 Å². The van der Waals surface area contributed by atoms with Gasteiger partial charge in [-0.1, -0.05) is 24.3 Å². The molecule has 7 heteroatoms. The number of nitrogens with one attached hydrogen (secondary N) is 1. The van der Waals surface area contributed by atoms with Crippen molar-refractivity contribution < 1.29 is 18.9 Å². The molecule has 7 nitrogen and oxygen atoms in total. The number of aryl methyl sites for hydroxylation is 2. The number of amides is 1. The number of para-hydroxylation sites is 2. The van der Waals surface area contributed by atoms with Gasteiger partial charge in [0.15, 0.2) is 23.3 Å². The normalized spacial score (nSPS) is 14.0. The predicted octanol–water partition coefficient (Wildman–Crippen LogP) is 4.03. The maximum Gasteiger partial charge on any atom is 0.266 e. The van der Waals surface area contributed by atoms with Gasteiger partial charge in [-0.15, -0.1) is 0 Å². The Morgan fingerprint density at radius 2 is 1.83 bits per heavy atom. The number of nitrogens with zero attached hydrogens (tertiary/aromatic N) is 2. The van der Waals surface area contributed by atoms with E-state index in [1.165, 1.54) is 24.0 Å². The van der Waals surface area contributed by atoms with Gasteiger partial charge in [-0.3, -0.25) is 4.79 Å². The highest BCUT2D eigenvalue weighted by molar-refractivity contribution is 5.96. The van der Waals surface area contributed by atoms with E-state index in [-0.39, 0.29) is 11.7 Å². The van der Waals surface area contributed by atoms with Crippen molar-refractivity contribution in [3.05, 3.63) is 53.6 Å². The number of aromatic nitrogens is 2. The molecule has 1 atom stereocenters. The maximum atomic E-state index is 12.6. The van der Waals surface area contributed by atoms with Crippen LogP contribution in [-0.2, 0) is 17.6 Å². The Labute approximate surface area is 169 Å². The molecular weight excluding hydrogens is 370 g/mol. The number of anilines is 1. The summed E-state index contributed by atoms with van der Waals surface area (Å²) in [7, 11) is 1.55. The lowest BCUT2D eigenvalue weighted by molar-refractivity contribution is -0.122. The first kappa shape index (κ1) is 19.0. The average Bonchev–Trinajstić information content (AvgIpc) is 3.21. The number of hydrogen-bond donors (Lipinski definition) is 1. The van der Waals surface area contributed by atoms with Gasteiger partial charge in [-0.2, -0.15) is 0 Å². The smallest absolute Gasteiger partial charge is 0.266 e. The zero-order valence-electron chi connectivity index (χ0n) is 16.5. The molecule has 3 aromatic rings. The predicted molar refractivity (Wildman–Crippen MR) is 108 cm³/mol. The Balaban J connectivity index is 1.49. The molecule has 0 aliphatic heterocycles. The van der Waals surface area contributed by atoms with E-state index in [1.54, 1.807) is 26.2 Å². The first-order valence-electron chi connectivity index (χ1n) is 9.71. The molecule has 1 amide bonds. The Bertz CT molecular complexity index is 1010. The van der Waals surface area contributed by atoms with Crippen molar-refractivity contribution in [2.24, 2.45) is 0 Å². The van der Waals surface area contributed by atoms with Gasteiger partial charge in [-0.25, -0.2) is 4.63 Å². The monoisotopic (exact) mass is 393 g/mol. The second-order valence-electron chi connectivity index (χ2n) is 7.05. The minimum atomic E-state index is -0.764. The van der Waals surface area contributed by atoms with E-state index in [0.29, 0.717) is 17.2 Å². The molecule has 2 aromatic carbocycles. The van der Waals surface area contributed by atoms with E-state index in [4.69, 9.17) is 14.1 Å². The Morgan fingerprint density at radius 3 is 2.62 bits per heavy atom. The van der Waals surface area contributed by atoms with E-state index in [0.717, 1.165) is 18.4 Å². The highest BCUT2D eigenvalue weighted by Crippen LogP contribution is 2.30. The van der Waals surface area contributed by atoms with Crippen LogP contribution >= 0.6 is 0 Å². The van der Waals surface area contributed by atoms with Gasteiger partial charge < -0.3 is 14.8 Å². The molecule has 0 fully saturated rings.